The van der Waals surface area contributed by atoms with E-state index in [1.165, 1.54) is 10.8 Å². The largest absolute Gasteiger partial charge is 0.481 e. The first-order valence-corrected chi connectivity index (χ1v) is 10.7. The van der Waals surface area contributed by atoms with Crippen LogP contribution in [-0.4, -0.2) is 26.8 Å². The molecule has 6 heteroatoms. The zero-order valence-electron chi connectivity index (χ0n) is 17.6. The lowest BCUT2D eigenvalue weighted by molar-refractivity contribution is -0.146. The Bertz CT molecular complexity index is 1220. The monoisotopic (exact) mass is 415 g/mol. The first-order chi connectivity index (χ1) is 14.9. The van der Waals surface area contributed by atoms with Crippen LogP contribution in [0.4, 0.5) is 5.69 Å². The summed E-state index contributed by atoms with van der Waals surface area (Å²) < 4.78 is 1.90. The third-order valence-corrected chi connectivity index (χ3v) is 6.88. The second-order valence-corrected chi connectivity index (χ2v) is 8.67. The van der Waals surface area contributed by atoms with Crippen molar-refractivity contribution in [2.24, 2.45) is 23.7 Å². The second kappa shape index (κ2) is 7.38. The topological polar surface area (TPSA) is 84.2 Å². The number of carbonyl (C=O) groups is 2. The van der Waals surface area contributed by atoms with E-state index < -0.39 is 17.8 Å². The Morgan fingerprint density at radius 1 is 1.06 bits per heavy atom. The number of benzene rings is 2. The smallest absolute Gasteiger partial charge is 0.307 e. The van der Waals surface area contributed by atoms with Crippen molar-refractivity contribution >= 4 is 28.3 Å². The first-order valence-electron chi connectivity index (χ1n) is 10.7. The highest BCUT2D eigenvalue weighted by Crippen LogP contribution is 2.48. The van der Waals surface area contributed by atoms with Crippen LogP contribution < -0.4 is 5.32 Å². The molecule has 2 aromatic carbocycles. The zero-order chi connectivity index (χ0) is 21.7. The maximum Gasteiger partial charge on any atom is 0.307 e. The van der Waals surface area contributed by atoms with Gasteiger partial charge < -0.3 is 10.4 Å². The van der Waals surface area contributed by atoms with E-state index in [9.17, 15) is 14.7 Å². The zero-order valence-corrected chi connectivity index (χ0v) is 17.6. The van der Waals surface area contributed by atoms with E-state index in [-0.39, 0.29) is 17.7 Å². The third-order valence-electron chi connectivity index (χ3n) is 6.88. The van der Waals surface area contributed by atoms with Crippen molar-refractivity contribution in [1.82, 2.24) is 9.78 Å². The molecule has 1 amide bonds. The fraction of sp³-hybridized carbons (Fsp3) is 0.320. The summed E-state index contributed by atoms with van der Waals surface area (Å²) in [6.45, 7) is 4.41. The number of fused-ring (bicyclic) bond motifs is 3. The van der Waals surface area contributed by atoms with Gasteiger partial charge in [-0.1, -0.05) is 54.6 Å². The van der Waals surface area contributed by atoms with Crippen LogP contribution in [0, 0.1) is 37.5 Å². The molecule has 0 spiro atoms. The number of carboxylic acid groups (broad SMARTS) is 1. The molecule has 0 radical (unpaired) electrons. The highest BCUT2D eigenvalue weighted by molar-refractivity contribution is 5.97. The number of carbonyl (C=O) groups excluding carboxylic acids is 1. The summed E-state index contributed by atoms with van der Waals surface area (Å²) in [5.74, 6) is -2.35. The Labute approximate surface area is 180 Å². The number of aryl methyl sites for hydroxylation is 1. The maximum absolute atomic E-state index is 13.1. The number of rotatable bonds is 5. The Hall–Kier alpha value is -3.41. The molecule has 5 rings (SSSR count). The van der Waals surface area contributed by atoms with Gasteiger partial charge >= 0.3 is 5.97 Å². The number of hydrogen-bond donors (Lipinski definition) is 2. The molecule has 2 bridgehead atoms. The van der Waals surface area contributed by atoms with Crippen molar-refractivity contribution < 1.29 is 14.7 Å². The van der Waals surface area contributed by atoms with Crippen LogP contribution in [0.1, 0.15) is 23.4 Å². The lowest BCUT2D eigenvalue weighted by Crippen LogP contribution is -2.36. The summed E-state index contributed by atoms with van der Waals surface area (Å²) in [6, 6.07) is 14.5. The van der Waals surface area contributed by atoms with Gasteiger partial charge in [-0.05, 0) is 48.4 Å². The van der Waals surface area contributed by atoms with Gasteiger partial charge in [-0.3, -0.25) is 14.3 Å². The van der Waals surface area contributed by atoms with Crippen LogP contribution in [-0.2, 0) is 16.1 Å². The van der Waals surface area contributed by atoms with Crippen molar-refractivity contribution in [3.05, 3.63) is 71.6 Å². The predicted octanol–water partition coefficient (Wildman–Crippen LogP) is 4.16. The Balaban J connectivity index is 1.41. The minimum absolute atomic E-state index is 0.00237. The van der Waals surface area contributed by atoms with Crippen LogP contribution in [0.15, 0.2) is 54.6 Å². The van der Waals surface area contributed by atoms with Crippen molar-refractivity contribution in [1.29, 1.82) is 0 Å². The molecule has 0 unspecified atom stereocenters. The van der Waals surface area contributed by atoms with Gasteiger partial charge in [0, 0.05) is 0 Å². The standard InChI is InChI=1S/C25H25N3O3/c1-14-23(26-24(29)21-17-10-11-18(12-17)22(21)25(30)31)15(2)28(27-14)13-19-8-5-7-16-6-3-4-9-20(16)19/h3-11,17-18,21-22H,12-13H2,1-2H3,(H,26,29)(H,30,31)/t17-,18+,21+,22+/m1/s1. The van der Waals surface area contributed by atoms with Gasteiger partial charge in [0.1, 0.15) is 0 Å². The van der Waals surface area contributed by atoms with Gasteiger partial charge in [0.25, 0.3) is 0 Å². The Morgan fingerprint density at radius 3 is 2.55 bits per heavy atom. The molecule has 1 aromatic heterocycles. The van der Waals surface area contributed by atoms with Crippen LogP contribution in [0.2, 0.25) is 0 Å². The van der Waals surface area contributed by atoms with E-state index in [0.717, 1.165) is 23.4 Å². The average molecular weight is 415 g/mol. The van der Waals surface area contributed by atoms with Crippen molar-refractivity contribution in [3.63, 3.8) is 0 Å². The molecular formula is C25H25N3O3. The number of nitrogens with zero attached hydrogens (tertiary/aromatic N) is 2. The highest BCUT2D eigenvalue weighted by atomic mass is 16.4. The Kier molecular flexibility index (Phi) is 4.65. The highest BCUT2D eigenvalue weighted by Gasteiger charge is 2.51. The molecule has 2 N–H and O–H groups in total. The third kappa shape index (κ3) is 3.23. The molecule has 3 aromatic rings. The molecule has 2 aliphatic carbocycles. The van der Waals surface area contributed by atoms with Crippen LogP contribution in [0.5, 0.6) is 0 Å². The van der Waals surface area contributed by atoms with Crippen LogP contribution in [0.25, 0.3) is 10.8 Å². The van der Waals surface area contributed by atoms with E-state index in [1.807, 2.05) is 48.9 Å². The van der Waals surface area contributed by atoms with E-state index in [1.54, 1.807) is 0 Å². The van der Waals surface area contributed by atoms with Gasteiger partial charge in [-0.2, -0.15) is 5.10 Å². The number of amides is 1. The number of nitrogens with one attached hydrogen (secondary N) is 1. The summed E-state index contributed by atoms with van der Waals surface area (Å²) in [5.41, 5.74) is 3.44. The van der Waals surface area contributed by atoms with E-state index in [4.69, 9.17) is 0 Å². The minimum Gasteiger partial charge on any atom is -0.481 e. The lowest BCUT2D eigenvalue weighted by atomic mass is 9.82. The number of hydrogen-bond acceptors (Lipinski definition) is 3. The molecular weight excluding hydrogens is 390 g/mol. The summed E-state index contributed by atoms with van der Waals surface area (Å²) >= 11 is 0. The predicted molar refractivity (Wildman–Crippen MR) is 119 cm³/mol. The fourth-order valence-electron chi connectivity index (χ4n) is 5.35. The van der Waals surface area contributed by atoms with E-state index in [2.05, 4.69) is 34.7 Å². The molecule has 1 saturated carbocycles. The fourth-order valence-corrected chi connectivity index (χ4v) is 5.35. The number of aromatic nitrogens is 2. The SMILES string of the molecule is Cc1nn(Cc2cccc3ccccc23)c(C)c1NC(=O)[C@@H]1[C@@H](C(=O)O)[C@H]2C=C[C@@H]1C2. The number of aliphatic carboxylic acids is 1. The van der Waals surface area contributed by atoms with Crippen LogP contribution in [0.3, 0.4) is 0 Å². The molecule has 6 nitrogen and oxygen atoms in total. The molecule has 2 aliphatic rings. The Morgan fingerprint density at radius 2 is 1.77 bits per heavy atom. The molecule has 0 saturated heterocycles. The van der Waals surface area contributed by atoms with Gasteiger partial charge in [0.2, 0.25) is 5.91 Å². The average Bonchev–Trinajstić information content (AvgIpc) is 3.44. The molecule has 1 fully saturated rings. The van der Waals surface area contributed by atoms with Gasteiger partial charge in [0.05, 0.1) is 35.5 Å². The molecule has 158 valence electrons. The molecule has 31 heavy (non-hydrogen) atoms. The first kappa shape index (κ1) is 19.5. The van der Waals surface area contributed by atoms with Crippen molar-refractivity contribution in [3.8, 4) is 0 Å². The molecule has 0 aliphatic heterocycles. The number of anilines is 1. The molecule has 1 heterocycles. The minimum atomic E-state index is -0.892. The molecule has 4 atom stereocenters. The van der Waals surface area contributed by atoms with Crippen molar-refractivity contribution in [2.45, 2.75) is 26.8 Å². The van der Waals surface area contributed by atoms with Gasteiger partial charge in [-0.25, -0.2) is 0 Å². The lowest BCUT2D eigenvalue weighted by Gasteiger charge is -2.24. The maximum atomic E-state index is 13.1. The summed E-state index contributed by atoms with van der Waals surface area (Å²) in [5, 5.41) is 19.7. The van der Waals surface area contributed by atoms with Crippen molar-refractivity contribution in [2.75, 3.05) is 5.32 Å². The summed E-state index contributed by atoms with van der Waals surface area (Å²) in [4.78, 5) is 24.9. The number of carboxylic acids is 1. The number of allylic oxidation sites excluding steroid dienone is 2. The quantitative estimate of drug-likeness (QED) is 0.613. The van der Waals surface area contributed by atoms with Gasteiger partial charge in [-0.15, -0.1) is 0 Å². The summed E-state index contributed by atoms with van der Waals surface area (Å²) in [7, 11) is 0. The van der Waals surface area contributed by atoms with Crippen LogP contribution >= 0.6 is 0 Å². The van der Waals surface area contributed by atoms with E-state index >= 15 is 0 Å². The van der Waals surface area contributed by atoms with E-state index in [0.29, 0.717) is 12.2 Å². The second-order valence-electron chi connectivity index (χ2n) is 8.67. The summed E-state index contributed by atoms with van der Waals surface area (Å²) in [6.07, 6.45) is 4.69. The normalized spacial score (nSPS) is 24.1. The van der Waals surface area contributed by atoms with Gasteiger partial charge in [0.15, 0.2) is 0 Å².